The van der Waals surface area contributed by atoms with Crippen LogP contribution in [0.5, 0.6) is 5.75 Å². The van der Waals surface area contributed by atoms with E-state index in [1.54, 1.807) is 6.20 Å². The molecule has 1 aromatic heterocycles. The van der Waals surface area contributed by atoms with Crippen molar-refractivity contribution in [1.82, 2.24) is 9.55 Å². The Hall–Kier alpha value is -2.30. The number of nitrogens with one attached hydrogen (secondary N) is 1. The number of ether oxygens (including phenoxy) is 1. The first kappa shape index (κ1) is 13.7. The van der Waals surface area contributed by atoms with Gasteiger partial charge in [-0.2, -0.15) is 0 Å². The molecule has 0 bridgehead atoms. The first-order valence-electron chi connectivity index (χ1n) is 7.30. The molecule has 1 aliphatic heterocycles. The zero-order valence-corrected chi connectivity index (χ0v) is 12.1. The van der Waals surface area contributed by atoms with E-state index < -0.39 is 0 Å². The number of carbonyl (C=O) groups is 1. The zero-order chi connectivity index (χ0) is 14.7. The molecule has 5 nitrogen and oxygen atoms in total. The van der Waals surface area contributed by atoms with Crippen LogP contribution in [0.1, 0.15) is 19.2 Å². The smallest absolute Gasteiger partial charge is 0.228 e. The summed E-state index contributed by atoms with van der Waals surface area (Å²) in [6, 6.07) is 7.53. The van der Waals surface area contributed by atoms with E-state index in [9.17, 15) is 4.79 Å². The Morgan fingerprint density at radius 1 is 1.48 bits per heavy atom. The number of nitrogens with zero attached hydrogens (tertiary/aromatic N) is 2. The third-order valence-electron chi connectivity index (χ3n) is 3.76. The van der Waals surface area contributed by atoms with Gasteiger partial charge in [0.2, 0.25) is 5.91 Å². The zero-order valence-electron chi connectivity index (χ0n) is 12.1. The van der Waals surface area contributed by atoms with E-state index >= 15 is 0 Å². The molecule has 5 heteroatoms. The second kappa shape index (κ2) is 5.99. The fraction of sp³-hybridized carbons (Fsp3) is 0.375. The van der Waals surface area contributed by atoms with Crippen LogP contribution in [0.2, 0.25) is 0 Å². The molecule has 0 aliphatic carbocycles. The van der Waals surface area contributed by atoms with Crippen molar-refractivity contribution in [3.63, 3.8) is 0 Å². The fourth-order valence-electron chi connectivity index (χ4n) is 2.66. The number of carbonyl (C=O) groups excluding carboxylic acids is 1. The number of para-hydroxylation sites is 2. The minimum Gasteiger partial charge on any atom is -0.492 e. The van der Waals surface area contributed by atoms with Crippen molar-refractivity contribution in [2.24, 2.45) is 5.92 Å². The topological polar surface area (TPSA) is 56.1 Å². The highest BCUT2D eigenvalue weighted by Gasteiger charge is 2.25. The molecule has 1 unspecified atom stereocenters. The number of aromatic nitrogens is 2. The highest BCUT2D eigenvalue weighted by atomic mass is 16.5. The summed E-state index contributed by atoms with van der Waals surface area (Å²) in [4.78, 5) is 16.8. The van der Waals surface area contributed by atoms with Gasteiger partial charge >= 0.3 is 0 Å². The Bertz CT molecular complexity index is 636. The summed E-state index contributed by atoms with van der Waals surface area (Å²) in [6.07, 6.45) is 5.29. The molecule has 1 aliphatic rings. The van der Waals surface area contributed by atoms with Gasteiger partial charge in [0.1, 0.15) is 11.6 Å². The van der Waals surface area contributed by atoms with Crippen LogP contribution in [0.25, 0.3) is 0 Å². The molecule has 3 rings (SSSR count). The monoisotopic (exact) mass is 285 g/mol. The van der Waals surface area contributed by atoms with E-state index in [4.69, 9.17) is 4.74 Å². The molecule has 1 amide bonds. The summed E-state index contributed by atoms with van der Waals surface area (Å²) in [5, 5.41) is 2.99. The summed E-state index contributed by atoms with van der Waals surface area (Å²) in [5.41, 5.74) is 0.735. The van der Waals surface area contributed by atoms with Gasteiger partial charge in [-0.15, -0.1) is 0 Å². The number of rotatable bonds is 4. The number of hydrogen-bond acceptors (Lipinski definition) is 3. The van der Waals surface area contributed by atoms with Gasteiger partial charge < -0.3 is 14.6 Å². The normalized spacial score (nSPS) is 17.1. The molecule has 2 aromatic rings. The van der Waals surface area contributed by atoms with E-state index in [1.165, 1.54) is 0 Å². The molecule has 0 saturated carbocycles. The quantitative estimate of drug-likeness (QED) is 0.939. The lowest BCUT2D eigenvalue weighted by atomic mass is 9.97. The Balaban J connectivity index is 1.70. The first-order chi connectivity index (χ1) is 10.3. The molecular weight excluding hydrogens is 266 g/mol. The fourth-order valence-corrected chi connectivity index (χ4v) is 2.66. The Morgan fingerprint density at radius 3 is 3.19 bits per heavy atom. The van der Waals surface area contributed by atoms with Crippen molar-refractivity contribution in [2.75, 3.05) is 11.9 Å². The van der Waals surface area contributed by atoms with E-state index in [1.807, 2.05) is 37.4 Å². The standard InChI is InChI=1S/C16H19N3O2/c1-2-21-14-6-4-3-5-13(14)18-16(20)12-7-9-19-10-8-17-15(19)11-12/h3-6,8,10,12H,2,7,9,11H2,1H3,(H,18,20). The van der Waals surface area contributed by atoms with Crippen molar-refractivity contribution < 1.29 is 9.53 Å². The minimum absolute atomic E-state index is 0.0328. The highest BCUT2D eigenvalue weighted by Crippen LogP contribution is 2.26. The van der Waals surface area contributed by atoms with E-state index in [-0.39, 0.29) is 11.8 Å². The number of hydrogen-bond donors (Lipinski definition) is 1. The lowest BCUT2D eigenvalue weighted by Crippen LogP contribution is -2.30. The van der Waals surface area contributed by atoms with Crippen LogP contribution in [0.3, 0.4) is 0 Å². The van der Waals surface area contributed by atoms with Crippen LogP contribution in [0, 0.1) is 5.92 Å². The third kappa shape index (κ3) is 2.91. The molecule has 0 spiro atoms. The molecule has 1 N–H and O–H groups in total. The molecular formula is C16H19N3O2. The van der Waals surface area contributed by atoms with Gasteiger partial charge in [-0.25, -0.2) is 4.98 Å². The largest absolute Gasteiger partial charge is 0.492 e. The molecule has 0 radical (unpaired) electrons. The van der Waals surface area contributed by atoms with Crippen molar-refractivity contribution in [3.8, 4) is 5.75 Å². The van der Waals surface area contributed by atoms with Crippen LogP contribution in [-0.4, -0.2) is 22.1 Å². The molecule has 110 valence electrons. The first-order valence-corrected chi connectivity index (χ1v) is 7.30. The lowest BCUT2D eigenvalue weighted by Gasteiger charge is -2.23. The van der Waals surface area contributed by atoms with Crippen LogP contribution >= 0.6 is 0 Å². The number of benzene rings is 1. The van der Waals surface area contributed by atoms with E-state index in [2.05, 4.69) is 14.9 Å². The second-order valence-electron chi connectivity index (χ2n) is 5.15. The van der Waals surface area contributed by atoms with Crippen molar-refractivity contribution in [3.05, 3.63) is 42.5 Å². The van der Waals surface area contributed by atoms with Crippen molar-refractivity contribution >= 4 is 11.6 Å². The molecule has 0 fully saturated rings. The van der Waals surface area contributed by atoms with Crippen molar-refractivity contribution in [1.29, 1.82) is 0 Å². The van der Waals surface area contributed by atoms with Gasteiger partial charge in [0.15, 0.2) is 0 Å². The maximum Gasteiger partial charge on any atom is 0.228 e. The van der Waals surface area contributed by atoms with E-state index in [0.717, 1.165) is 24.5 Å². The summed E-state index contributed by atoms with van der Waals surface area (Å²) in [5.74, 6) is 1.70. The molecule has 0 saturated heterocycles. The predicted octanol–water partition coefficient (Wildman–Crippen LogP) is 2.48. The third-order valence-corrected chi connectivity index (χ3v) is 3.76. The van der Waals surface area contributed by atoms with Crippen LogP contribution in [-0.2, 0) is 17.8 Å². The van der Waals surface area contributed by atoms with Crippen LogP contribution in [0.15, 0.2) is 36.7 Å². The Morgan fingerprint density at radius 2 is 2.33 bits per heavy atom. The highest BCUT2D eigenvalue weighted by molar-refractivity contribution is 5.94. The Kier molecular flexibility index (Phi) is 3.90. The number of amides is 1. The van der Waals surface area contributed by atoms with Gasteiger partial charge in [-0.3, -0.25) is 4.79 Å². The minimum atomic E-state index is -0.0328. The van der Waals surface area contributed by atoms with Gasteiger partial charge in [0, 0.05) is 31.3 Å². The maximum atomic E-state index is 12.5. The number of fused-ring (bicyclic) bond motifs is 1. The summed E-state index contributed by atoms with van der Waals surface area (Å²) >= 11 is 0. The van der Waals surface area contributed by atoms with E-state index in [0.29, 0.717) is 18.8 Å². The molecule has 1 aromatic carbocycles. The molecule has 21 heavy (non-hydrogen) atoms. The van der Waals surface area contributed by atoms with Gasteiger partial charge in [-0.05, 0) is 25.5 Å². The van der Waals surface area contributed by atoms with Gasteiger partial charge in [0.05, 0.1) is 12.3 Å². The van der Waals surface area contributed by atoms with Crippen LogP contribution in [0.4, 0.5) is 5.69 Å². The van der Waals surface area contributed by atoms with Gasteiger partial charge in [0.25, 0.3) is 0 Å². The number of aryl methyl sites for hydroxylation is 1. The lowest BCUT2D eigenvalue weighted by molar-refractivity contribution is -0.120. The van der Waals surface area contributed by atoms with Gasteiger partial charge in [-0.1, -0.05) is 12.1 Å². The predicted molar refractivity (Wildman–Crippen MR) is 80.3 cm³/mol. The second-order valence-corrected chi connectivity index (χ2v) is 5.15. The molecule has 2 heterocycles. The summed E-state index contributed by atoms with van der Waals surface area (Å²) < 4.78 is 7.65. The SMILES string of the molecule is CCOc1ccccc1NC(=O)C1CCn2ccnc2C1. The Labute approximate surface area is 124 Å². The van der Waals surface area contributed by atoms with Crippen LogP contribution < -0.4 is 10.1 Å². The van der Waals surface area contributed by atoms with Crippen molar-refractivity contribution in [2.45, 2.75) is 26.3 Å². The maximum absolute atomic E-state index is 12.5. The molecule has 1 atom stereocenters. The summed E-state index contributed by atoms with van der Waals surface area (Å²) in [6.45, 7) is 3.35. The average molecular weight is 285 g/mol. The number of anilines is 1. The number of imidazole rings is 1. The summed E-state index contributed by atoms with van der Waals surface area (Å²) in [7, 11) is 0. The average Bonchev–Trinajstić information content (AvgIpc) is 2.97.